The highest BCUT2D eigenvalue weighted by atomic mass is 15.1. The van der Waals surface area contributed by atoms with Crippen molar-refractivity contribution < 1.29 is 0 Å². The first-order valence-corrected chi connectivity index (χ1v) is 13.1. The van der Waals surface area contributed by atoms with Crippen LogP contribution in [0.3, 0.4) is 0 Å². The Bertz CT molecular complexity index is 1330. The fourth-order valence-corrected chi connectivity index (χ4v) is 5.62. The van der Waals surface area contributed by atoms with Gasteiger partial charge in [-0.1, -0.05) is 56.3 Å². The van der Waals surface area contributed by atoms with Gasteiger partial charge < -0.3 is 0 Å². The lowest BCUT2D eigenvalue weighted by Gasteiger charge is -2.34. The Morgan fingerprint density at radius 2 is 1.72 bits per heavy atom. The molecule has 184 valence electrons. The summed E-state index contributed by atoms with van der Waals surface area (Å²) in [6.07, 6.45) is 8.83. The van der Waals surface area contributed by atoms with Crippen molar-refractivity contribution >= 4 is 0 Å². The molecule has 1 aliphatic rings. The molecule has 1 atom stereocenters. The third kappa shape index (κ3) is 4.68. The van der Waals surface area contributed by atoms with E-state index >= 15 is 0 Å². The van der Waals surface area contributed by atoms with Gasteiger partial charge in [-0.3, -0.25) is 4.90 Å². The van der Waals surface area contributed by atoms with Gasteiger partial charge >= 0.3 is 0 Å². The quantitative estimate of drug-likeness (QED) is 0.302. The summed E-state index contributed by atoms with van der Waals surface area (Å²) >= 11 is 0. The Hall–Kier alpha value is -3.44. The van der Waals surface area contributed by atoms with E-state index in [-0.39, 0.29) is 0 Å². The van der Waals surface area contributed by atoms with E-state index in [0.29, 0.717) is 6.04 Å². The van der Waals surface area contributed by atoms with Gasteiger partial charge in [0.25, 0.3) is 0 Å². The molecule has 0 N–H and O–H groups in total. The lowest BCUT2D eigenvalue weighted by molar-refractivity contribution is 0.213. The normalized spacial score (nSPS) is 15.2. The topological polar surface area (TPSA) is 54.8 Å². The molecule has 0 fully saturated rings. The van der Waals surface area contributed by atoms with Gasteiger partial charge in [0.15, 0.2) is 5.82 Å². The van der Waals surface area contributed by atoms with E-state index in [1.54, 1.807) is 12.5 Å². The minimum absolute atomic E-state index is 0.389. The molecular formula is C31H35N5. The Morgan fingerprint density at radius 3 is 2.44 bits per heavy atom. The summed E-state index contributed by atoms with van der Waals surface area (Å²) in [5, 5.41) is 0. The molecule has 0 saturated heterocycles. The molecular weight excluding hydrogens is 442 g/mol. The molecule has 5 heteroatoms. The molecule has 5 nitrogen and oxygen atoms in total. The number of aromatic nitrogens is 4. The Balaban J connectivity index is 1.60. The number of hydrogen-bond donors (Lipinski definition) is 0. The zero-order valence-electron chi connectivity index (χ0n) is 21.8. The summed E-state index contributed by atoms with van der Waals surface area (Å²) in [6, 6.07) is 17.8. The van der Waals surface area contributed by atoms with Crippen LogP contribution in [0.5, 0.6) is 0 Å². The second-order valence-electron chi connectivity index (χ2n) is 9.73. The van der Waals surface area contributed by atoms with Crippen molar-refractivity contribution in [2.45, 2.75) is 65.5 Å². The lowest BCUT2D eigenvalue weighted by atomic mass is 9.87. The van der Waals surface area contributed by atoms with Gasteiger partial charge in [0.1, 0.15) is 6.33 Å². The molecule has 0 unspecified atom stereocenters. The first-order valence-electron chi connectivity index (χ1n) is 13.1. The van der Waals surface area contributed by atoms with E-state index in [1.807, 2.05) is 6.07 Å². The summed E-state index contributed by atoms with van der Waals surface area (Å²) < 4.78 is 0. The zero-order chi connectivity index (χ0) is 25.1. The molecule has 0 bridgehead atoms. The Kier molecular flexibility index (Phi) is 7.19. The summed E-state index contributed by atoms with van der Waals surface area (Å²) in [5.74, 6) is 0.796. The van der Waals surface area contributed by atoms with E-state index in [2.05, 4.69) is 85.2 Å². The van der Waals surface area contributed by atoms with E-state index in [9.17, 15) is 0 Å². The molecule has 0 saturated carbocycles. The van der Waals surface area contributed by atoms with Gasteiger partial charge in [0.2, 0.25) is 0 Å². The number of nitrogens with zero attached hydrogens (tertiary/aromatic N) is 5. The average molecular weight is 478 g/mol. The van der Waals surface area contributed by atoms with Crippen LogP contribution < -0.4 is 0 Å². The predicted molar refractivity (Wildman–Crippen MR) is 146 cm³/mol. The first kappa shape index (κ1) is 24.3. The monoisotopic (exact) mass is 477 g/mol. The van der Waals surface area contributed by atoms with E-state index in [4.69, 9.17) is 9.97 Å². The van der Waals surface area contributed by atoms with Crippen LogP contribution in [0, 0.1) is 6.92 Å². The standard InChI is InChI=1S/C31H35N5/c1-5-22-12-9-13-23(6-2)29(22)31-34-21(3)26(30(35-31)27-17-18-32-20-33-27)19-36(4)28-16-10-14-24-11-7-8-15-25(24)28/h7-9,11-13,15,17-18,20,28H,5-6,10,14,16,19H2,1-4H3/t28-/m0/s1. The number of hydrogen-bond acceptors (Lipinski definition) is 5. The second kappa shape index (κ2) is 10.7. The van der Waals surface area contributed by atoms with Crippen LogP contribution in [0.2, 0.25) is 0 Å². The van der Waals surface area contributed by atoms with Crippen LogP contribution in [0.1, 0.15) is 66.2 Å². The van der Waals surface area contributed by atoms with Crippen molar-refractivity contribution in [3.05, 3.63) is 94.6 Å². The third-order valence-electron chi connectivity index (χ3n) is 7.54. The largest absolute Gasteiger partial charge is 0.295 e. The average Bonchev–Trinajstić information content (AvgIpc) is 2.93. The molecule has 2 aromatic carbocycles. The van der Waals surface area contributed by atoms with Crippen LogP contribution in [0.15, 0.2) is 61.1 Å². The van der Waals surface area contributed by atoms with E-state index in [1.165, 1.54) is 40.7 Å². The molecule has 0 aliphatic heterocycles. The highest BCUT2D eigenvalue weighted by Gasteiger charge is 2.26. The molecule has 1 aliphatic carbocycles. The van der Waals surface area contributed by atoms with Gasteiger partial charge in [0.05, 0.1) is 11.4 Å². The molecule has 36 heavy (non-hydrogen) atoms. The molecule has 2 heterocycles. The minimum atomic E-state index is 0.389. The van der Waals surface area contributed by atoms with Crippen LogP contribution >= 0.6 is 0 Å². The maximum Gasteiger partial charge on any atom is 0.160 e. The van der Waals surface area contributed by atoms with Crippen LogP contribution in [-0.4, -0.2) is 31.9 Å². The SMILES string of the molecule is CCc1cccc(CC)c1-c1nc(C)c(CN(C)[C@H]2CCCc3ccccc32)c(-c2ccncn2)n1. The van der Waals surface area contributed by atoms with Crippen molar-refractivity contribution in [2.75, 3.05) is 7.05 Å². The maximum absolute atomic E-state index is 5.21. The number of rotatable bonds is 7. The van der Waals surface area contributed by atoms with Crippen LogP contribution in [0.25, 0.3) is 22.8 Å². The smallest absolute Gasteiger partial charge is 0.160 e. The van der Waals surface area contributed by atoms with Gasteiger partial charge in [-0.05, 0) is 74.4 Å². The number of fused-ring (bicyclic) bond motifs is 1. The van der Waals surface area contributed by atoms with Gasteiger partial charge in [-0.25, -0.2) is 19.9 Å². The summed E-state index contributed by atoms with van der Waals surface area (Å²) in [6.45, 7) is 7.28. The zero-order valence-corrected chi connectivity index (χ0v) is 21.8. The Morgan fingerprint density at radius 1 is 0.944 bits per heavy atom. The fraction of sp³-hybridized carbons (Fsp3) is 0.355. The van der Waals surface area contributed by atoms with Crippen LogP contribution in [0.4, 0.5) is 0 Å². The Labute approximate surface area is 214 Å². The predicted octanol–water partition coefficient (Wildman–Crippen LogP) is 6.54. The summed E-state index contributed by atoms with van der Waals surface area (Å²) in [7, 11) is 2.23. The summed E-state index contributed by atoms with van der Waals surface area (Å²) in [5.41, 5.74) is 10.6. The number of aryl methyl sites for hydroxylation is 4. The van der Waals surface area contributed by atoms with Crippen molar-refractivity contribution in [1.29, 1.82) is 0 Å². The van der Waals surface area contributed by atoms with Crippen molar-refractivity contribution in [1.82, 2.24) is 24.8 Å². The van der Waals surface area contributed by atoms with Crippen molar-refractivity contribution in [3.63, 3.8) is 0 Å². The second-order valence-corrected chi connectivity index (χ2v) is 9.73. The molecule has 0 amide bonds. The van der Waals surface area contributed by atoms with Gasteiger partial charge in [-0.2, -0.15) is 0 Å². The van der Waals surface area contributed by atoms with E-state index in [0.717, 1.165) is 54.3 Å². The van der Waals surface area contributed by atoms with Gasteiger partial charge in [0, 0.05) is 35.6 Å². The first-order chi connectivity index (χ1) is 17.6. The lowest BCUT2D eigenvalue weighted by Crippen LogP contribution is -2.28. The van der Waals surface area contributed by atoms with Crippen molar-refractivity contribution in [3.8, 4) is 22.8 Å². The highest BCUT2D eigenvalue weighted by Crippen LogP contribution is 2.36. The van der Waals surface area contributed by atoms with E-state index < -0.39 is 0 Å². The van der Waals surface area contributed by atoms with Crippen LogP contribution in [-0.2, 0) is 25.8 Å². The fourth-order valence-electron chi connectivity index (χ4n) is 5.62. The van der Waals surface area contributed by atoms with Crippen molar-refractivity contribution in [2.24, 2.45) is 0 Å². The van der Waals surface area contributed by atoms with Gasteiger partial charge in [-0.15, -0.1) is 0 Å². The molecule has 2 aromatic heterocycles. The molecule has 5 rings (SSSR count). The summed E-state index contributed by atoms with van der Waals surface area (Å²) in [4.78, 5) is 21.5. The highest BCUT2D eigenvalue weighted by molar-refractivity contribution is 5.69. The molecule has 4 aromatic rings. The molecule has 0 spiro atoms. The maximum atomic E-state index is 5.21. The third-order valence-corrected chi connectivity index (χ3v) is 7.54. The number of benzene rings is 2. The molecule has 0 radical (unpaired) electrons. The minimum Gasteiger partial charge on any atom is -0.295 e.